The van der Waals surface area contributed by atoms with Gasteiger partial charge in [-0.05, 0) is 37.9 Å². The first-order valence-electron chi connectivity index (χ1n) is 9.00. The Morgan fingerprint density at radius 1 is 1.32 bits per heavy atom. The number of carbonyl (C=O) groups excluding carboxylic acids is 1. The number of aromatic nitrogens is 3. The van der Waals surface area contributed by atoms with Crippen LogP contribution in [0.25, 0.3) is 0 Å². The van der Waals surface area contributed by atoms with Gasteiger partial charge in [-0.1, -0.05) is 32.0 Å². The molecule has 1 aromatic heterocycles. The Balaban J connectivity index is 1.72. The van der Waals surface area contributed by atoms with E-state index in [1.165, 1.54) is 0 Å². The summed E-state index contributed by atoms with van der Waals surface area (Å²) in [6.45, 7) is 9.13. The number of benzene rings is 1. The molecule has 2 atom stereocenters. The fraction of sp³-hybridized carbons (Fsp3) is 0.526. The van der Waals surface area contributed by atoms with Crippen LogP contribution < -0.4 is 5.32 Å². The summed E-state index contributed by atoms with van der Waals surface area (Å²) in [4.78, 5) is 19.5. The van der Waals surface area contributed by atoms with Crippen molar-refractivity contribution in [1.82, 2.24) is 25.4 Å². The number of amides is 1. The largest absolute Gasteiger partial charge is 0.347 e. The fourth-order valence-electron chi connectivity index (χ4n) is 3.28. The highest BCUT2D eigenvalue weighted by Gasteiger charge is 2.37. The predicted octanol–water partition coefficient (Wildman–Crippen LogP) is 2.36. The van der Waals surface area contributed by atoms with Gasteiger partial charge in [0.1, 0.15) is 5.82 Å². The zero-order chi connectivity index (χ0) is 17.8. The first kappa shape index (κ1) is 17.6. The van der Waals surface area contributed by atoms with Gasteiger partial charge in [-0.15, -0.1) is 0 Å². The number of hydrogen-bond donors (Lipinski definition) is 2. The third-order valence-corrected chi connectivity index (χ3v) is 4.72. The van der Waals surface area contributed by atoms with Crippen LogP contribution in [-0.4, -0.2) is 51.7 Å². The van der Waals surface area contributed by atoms with Gasteiger partial charge in [0.25, 0.3) is 5.91 Å². The number of aromatic amines is 1. The maximum Gasteiger partial charge on any atom is 0.251 e. The second-order valence-corrected chi connectivity index (χ2v) is 7.27. The topological polar surface area (TPSA) is 73.9 Å². The molecule has 0 spiro atoms. The van der Waals surface area contributed by atoms with Gasteiger partial charge in [-0.2, -0.15) is 5.10 Å². The van der Waals surface area contributed by atoms with Crippen molar-refractivity contribution in [3.8, 4) is 0 Å². The van der Waals surface area contributed by atoms with Crippen molar-refractivity contribution < 1.29 is 4.79 Å². The maximum absolute atomic E-state index is 12.6. The average molecular weight is 341 g/mol. The molecular formula is C19H27N5O. The molecule has 1 aliphatic heterocycles. The Hall–Kier alpha value is -2.21. The number of H-pyrrole nitrogens is 1. The van der Waals surface area contributed by atoms with Crippen LogP contribution in [0.1, 0.15) is 48.2 Å². The number of nitrogens with zero attached hydrogens (tertiary/aromatic N) is 3. The number of carbonyl (C=O) groups is 1. The number of nitrogens with one attached hydrogen (secondary N) is 2. The lowest BCUT2D eigenvalue weighted by Gasteiger charge is -2.18. The summed E-state index contributed by atoms with van der Waals surface area (Å²) in [5, 5.41) is 10.5. The number of aryl methyl sites for hydroxylation is 1. The van der Waals surface area contributed by atoms with Crippen molar-refractivity contribution in [2.75, 3.05) is 19.6 Å². The highest BCUT2D eigenvalue weighted by atomic mass is 16.1. The minimum Gasteiger partial charge on any atom is -0.347 e. The zero-order valence-electron chi connectivity index (χ0n) is 15.2. The third kappa shape index (κ3) is 4.45. The van der Waals surface area contributed by atoms with Crippen molar-refractivity contribution in [2.24, 2.45) is 5.92 Å². The van der Waals surface area contributed by atoms with E-state index in [0.29, 0.717) is 11.5 Å². The van der Waals surface area contributed by atoms with E-state index in [0.717, 1.165) is 37.7 Å². The molecule has 1 fully saturated rings. The molecular weight excluding hydrogens is 314 g/mol. The van der Waals surface area contributed by atoms with Gasteiger partial charge in [0.05, 0.1) is 12.0 Å². The second-order valence-electron chi connectivity index (χ2n) is 7.27. The SMILES string of the molecule is Cc1nc([C@@H]2CN(CCC(C)C)C[C@H]2NC(=O)c2ccccc2)n[nH]1. The van der Waals surface area contributed by atoms with Crippen molar-refractivity contribution in [3.63, 3.8) is 0 Å². The molecule has 0 radical (unpaired) electrons. The number of rotatable bonds is 6. The summed E-state index contributed by atoms with van der Waals surface area (Å²) in [5.41, 5.74) is 0.688. The molecule has 2 N–H and O–H groups in total. The molecule has 0 aliphatic carbocycles. The highest BCUT2D eigenvalue weighted by molar-refractivity contribution is 5.94. The van der Waals surface area contributed by atoms with Gasteiger partial charge in [0, 0.05) is 18.7 Å². The van der Waals surface area contributed by atoms with Crippen molar-refractivity contribution in [3.05, 3.63) is 47.5 Å². The summed E-state index contributed by atoms with van der Waals surface area (Å²) >= 11 is 0. The fourth-order valence-corrected chi connectivity index (χ4v) is 3.28. The molecule has 0 saturated carbocycles. The lowest BCUT2D eigenvalue weighted by Crippen LogP contribution is -2.40. The molecule has 0 bridgehead atoms. The van der Waals surface area contributed by atoms with Crippen LogP contribution in [0.15, 0.2) is 30.3 Å². The van der Waals surface area contributed by atoms with Gasteiger partial charge >= 0.3 is 0 Å². The van der Waals surface area contributed by atoms with E-state index in [2.05, 4.69) is 39.2 Å². The monoisotopic (exact) mass is 341 g/mol. The van der Waals surface area contributed by atoms with E-state index < -0.39 is 0 Å². The molecule has 1 aromatic carbocycles. The van der Waals surface area contributed by atoms with Gasteiger partial charge in [0.2, 0.25) is 0 Å². The molecule has 0 unspecified atom stereocenters. The average Bonchev–Trinajstić information content (AvgIpc) is 3.20. The standard InChI is InChI=1S/C19H27N5O/c1-13(2)9-10-24-11-16(18-20-14(3)22-23-18)17(12-24)21-19(25)15-7-5-4-6-8-15/h4-8,13,16-17H,9-12H2,1-3H3,(H,21,25)(H,20,22,23)/t16-,17-/m1/s1. The van der Waals surface area contributed by atoms with Gasteiger partial charge in [-0.3, -0.25) is 9.89 Å². The van der Waals surface area contributed by atoms with Crippen LogP contribution in [0.2, 0.25) is 0 Å². The lowest BCUT2D eigenvalue weighted by atomic mass is 10.0. The molecule has 1 aliphatic rings. The van der Waals surface area contributed by atoms with Crippen molar-refractivity contribution in [1.29, 1.82) is 0 Å². The van der Waals surface area contributed by atoms with Gasteiger partial charge in [0.15, 0.2) is 5.82 Å². The molecule has 134 valence electrons. The number of likely N-dealkylation sites (tertiary alicyclic amines) is 1. The first-order valence-corrected chi connectivity index (χ1v) is 9.00. The zero-order valence-corrected chi connectivity index (χ0v) is 15.2. The van der Waals surface area contributed by atoms with E-state index in [1.807, 2.05) is 37.3 Å². The lowest BCUT2D eigenvalue weighted by molar-refractivity contribution is 0.0934. The molecule has 2 heterocycles. The molecule has 25 heavy (non-hydrogen) atoms. The maximum atomic E-state index is 12.6. The van der Waals surface area contributed by atoms with E-state index >= 15 is 0 Å². The molecule has 2 aromatic rings. The van der Waals surface area contributed by atoms with Crippen LogP contribution in [0.3, 0.4) is 0 Å². The smallest absolute Gasteiger partial charge is 0.251 e. The van der Waals surface area contributed by atoms with Gasteiger partial charge in [-0.25, -0.2) is 4.98 Å². The second kappa shape index (κ2) is 7.78. The van der Waals surface area contributed by atoms with Crippen LogP contribution >= 0.6 is 0 Å². The van der Waals surface area contributed by atoms with E-state index in [4.69, 9.17) is 0 Å². The first-order chi connectivity index (χ1) is 12.0. The third-order valence-electron chi connectivity index (χ3n) is 4.72. The van der Waals surface area contributed by atoms with Crippen molar-refractivity contribution >= 4 is 5.91 Å². The van der Waals surface area contributed by atoms with Crippen LogP contribution in [0.4, 0.5) is 0 Å². The van der Waals surface area contributed by atoms with Crippen LogP contribution in [-0.2, 0) is 0 Å². The Labute approximate surface area is 149 Å². The Morgan fingerprint density at radius 2 is 2.08 bits per heavy atom. The molecule has 3 rings (SSSR count). The van der Waals surface area contributed by atoms with E-state index in [1.54, 1.807) is 0 Å². The minimum atomic E-state index is -0.0337. The number of hydrogen-bond acceptors (Lipinski definition) is 4. The minimum absolute atomic E-state index is 0.0232. The Morgan fingerprint density at radius 3 is 2.72 bits per heavy atom. The summed E-state index contributed by atoms with van der Waals surface area (Å²) in [5.74, 6) is 2.35. The molecule has 1 amide bonds. The van der Waals surface area contributed by atoms with Crippen LogP contribution in [0, 0.1) is 12.8 Å². The molecule has 6 heteroatoms. The van der Waals surface area contributed by atoms with Gasteiger partial charge < -0.3 is 10.2 Å². The highest BCUT2D eigenvalue weighted by Crippen LogP contribution is 2.26. The van der Waals surface area contributed by atoms with Crippen LogP contribution in [0.5, 0.6) is 0 Å². The quantitative estimate of drug-likeness (QED) is 0.846. The molecule has 6 nitrogen and oxygen atoms in total. The normalized spacial score (nSPS) is 21.0. The molecule has 1 saturated heterocycles. The summed E-state index contributed by atoms with van der Waals surface area (Å²) in [7, 11) is 0. The summed E-state index contributed by atoms with van der Waals surface area (Å²) in [6.07, 6.45) is 1.15. The predicted molar refractivity (Wildman–Crippen MR) is 97.5 cm³/mol. The Bertz CT molecular complexity index is 697. The van der Waals surface area contributed by atoms with Crippen molar-refractivity contribution in [2.45, 2.75) is 39.2 Å². The Kier molecular flexibility index (Phi) is 5.48. The summed E-state index contributed by atoms with van der Waals surface area (Å²) in [6, 6.07) is 9.39. The van der Waals surface area contributed by atoms with E-state index in [9.17, 15) is 4.79 Å². The summed E-state index contributed by atoms with van der Waals surface area (Å²) < 4.78 is 0. The van der Waals surface area contributed by atoms with E-state index in [-0.39, 0.29) is 17.9 Å².